The number of esters is 1. The van der Waals surface area contributed by atoms with Gasteiger partial charge < -0.3 is 19.1 Å². The summed E-state index contributed by atoms with van der Waals surface area (Å²) in [6.45, 7) is 9.12. The minimum atomic E-state index is -0.467. The summed E-state index contributed by atoms with van der Waals surface area (Å²) < 4.78 is 17.1. The number of nitrogens with zero attached hydrogens (tertiary/aromatic N) is 1. The van der Waals surface area contributed by atoms with Crippen LogP contribution >= 0.6 is 0 Å². The number of fused-ring (bicyclic) bond motifs is 1. The van der Waals surface area contributed by atoms with Gasteiger partial charge in [-0.25, -0.2) is 4.79 Å². The lowest BCUT2D eigenvalue weighted by molar-refractivity contribution is -0.145. The molecule has 3 unspecified atom stereocenters. The molecule has 1 aromatic carbocycles. The number of carbonyl (C=O) groups is 2. The summed E-state index contributed by atoms with van der Waals surface area (Å²) in [5.41, 5.74) is 1.97. The second-order valence-corrected chi connectivity index (χ2v) is 11.0. The lowest BCUT2D eigenvalue weighted by atomic mass is 9.81. The fourth-order valence-corrected chi connectivity index (χ4v) is 5.48. The first-order chi connectivity index (χ1) is 15.7. The maximum Gasteiger partial charge on any atom is 0.410 e. The van der Waals surface area contributed by atoms with Crippen LogP contribution in [0.5, 0.6) is 5.75 Å². The third-order valence-electron chi connectivity index (χ3n) is 7.41. The second kappa shape index (κ2) is 9.55. The molecule has 0 aromatic heterocycles. The molecule has 0 spiro atoms. The van der Waals surface area contributed by atoms with E-state index in [-0.39, 0.29) is 30.0 Å². The van der Waals surface area contributed by atoms with E-state index < -0.39 is 5.60 Å². The van der Waals surface area contributed by atoms with Crippen molar-refractivity contribution in [1.29, 1.82) is 0 Å². The summed E-state index contributed by atoms with van der Waals surface area (Å²) in [5, 5.41) is 0. The number of benzene rings is 1. The predicted molar refractivity (Wildman–Crippen MR) is 126 cm³/mol. The first-order valence-electron chi connectivity index (χ1n) is 12.5. The van der Waals surface area contributed by atoms with Crippen LogP contribution in [-0.4, -0.2) is 48.9 Å². The van der Waals surface area contributed by atoms with Crippen LogP contribution in [-0.2, 0) is 20.7 Å². The molecule has 33 heavy (non-hydrogen) atoms. The number of amides is 1. The lowest BCUT2D eigenvalue weighted by Gasteiger charge is -2.38. The van der Waals surface area contributed by atoms with E-state index in [9.17, 15) is 9.59 Å². The zero-order chi connectivity index (χ0) is 23.8. The fraction of sp³-hybridized carbons (Fsp3) is 0.704. The standard InChI is InChI=1S/C27H39NO5/c1-17(25(29)31-5)24(20-7-8-20)21-9-6-18-10-11-22(32-23(18)16-21)19-12-14-28(15-13-19)26(30)33-27(2,3)4/h6,9,16-17,19-20,22,24H,7-8,10-15H2,1-5H3. The normalized spacial score (nSPS) is 23.2. The zero-order valence-electron chi connectivity index (χ0n) is 20.8. The summed E-state index contributed by atoms with van der Waals surface area (Å²) in [6, 6.07) is 6.55. The number of piperidine rings is 1. The van der Waals surface area contributed by atoms with Gasteiger partial charge in [0.15, 0.2) is 0 Å². The van der Waals surface area contributed by atoms with Gasteiger partial charge in [-0.2, -0.15) is 0 Å². The van der Waals surface area contributed by atoms with Crippen molar-refractivity contribution in [1.82, 2.24) is 4.90 Å². The van der Waals surface area contributed by atoms with Crippen LogP contribution < -0.4 is 4.74 Å². The van der Waals surface area contributed by atoms with Gasteiger partial charge >= 0.3 is 12.1 Å². The molecule has 3 atom stereocenters. The van der Waals surface area contributed by atoms with E-state index in [0.29, 0.717) is 24.9 Å². The van der Waals surface area contributed by atoms with Gasteiger partial charge in [-0.1, -0.05) is 19.1 Å². The second-order valence-electron chi connectivity index (χ2n) is 11.0. The Labute approximate surface area is 198 Å². The van der Waals surface area contributed by atoms with Gasteiger partial charge in [0.1, 0.15) is 17.5 Å². The Morgan fingerprint density at radius 2 is 1.79 bits per heavy atom. The SMILES string of the molecule is COC(=O)C(C)C(c1ccc2c(c1)OC(C1CCN(C(=O)OC(C)(C)C)CC1)CC2)C1CC1. The third-order valence-corrected chi connectivity index (χ3v) is 7.41. The molecule has 0 radical (unpaired) electrons. The quantitative estimate of drug-likeness (QED) is 0.559. The van der Waals surface area contributed by atoms with E-state index in [1.807, 2.05) is 32.6 Å². The van der Waals surface area contributed by atoms with Crippen LogP contribution in [0.1, 0.15) is 76.8 Å². The number of ether oxygens (including phenoxy) is 3. The Hall–Kier alpha value is -2.24. The molecule has 2 fully saturated rings. The molecule has 0 bridgehead atoms. The Balaban J connectivity index is 1.40. The van der Waals surface area contributed by atoms with Gasteiger partial charge in [-0.05, 0) is 94.2 Å². The van der Waals surface area contributed by atoms with Crippen molar-refractivity contribution in [2.24, 2.45) is 17.8 Å². The lowest BCUT2D eigenvalue weighted by Crippen LogP contribution is -2.45. The van der Waals surface area contributed by atoms with Crippen molar-refractivity contribution in [3.63, 3.8) is 0 Å². The molecule has 1 saturated heterocycles. The molecule has 182 valence electrons. The molecular formula is C27H39NO5. The van der Waals surface area contributed by atoms with Crippen molar-refractivity contribution in [2.45, 2.75) is 83.8 Å². The molecular weight excluding hydrogens is 418 g/mol. The highest BCUT2D eigenvalue weighted by atomic mass is 16.6. The van der Waals surface area contributed by atoms with E-state index >= 15 is 0 Å². The van der Waals surface area contributed by atoms with Crippen molar-refractivity contribution < 1.29 is 23.8 Å². The van der Waals surface area contributed by atoms with E-state index in [1.165, 1.54) is 31.1 Å². The number of methoxy groups -OCH3 is 1. The van der Waals surface area contributed by atoms with Gasteiger partial charge in [-0.3, -0.25) is 4.79 Å². The highest BCUT2D eigenvalue weighted by Crippen LogP contribution is 2.48. The van der Waals surface area contributed by atoms with Crippen LogP contribution in [0, 0.1) is 17.8 Å². The van der Waals surface area contributed by atoms with Gasteiger partial charge in [0.2, 0.25) is 0 Å². The van der Waals surface area contributed by atoms with Crippen molar-refractivity contribution in [2.75, 3.05) is 20.2 Å². The Morgan fingerprint density at radius 1 is 1.09 bits per heavy atom. The van der Waals surface area contributed by atoms with E-state index in [4.69, 9.17) is 14.2 Å². The average Bonchev–Trinajstić information content (AvgIpc) is 3.62. The van der Waals surface area contributed by atoms with E-state index in [0.717, 1.165) is 31.4 Å². The van der Waals surface area contributed by atoms with Crippen molar-refractivity contribution in [3.8, 4) is 5.75 Å². The zero-order valence-corrected chi connectivity index (χ0v) is 20.8. The molecule has 1 saturated carbocycles. The Bertz CT molecular complexity index is 864. The first kappa shape index (κ1) is 23.9. The van der Waals surface area contributed by atoms with Gasteiger partial charge in [-0.15, -0.1) is 0 Å². The summed E-state index contributed by atoms with van der Waals surface area (Å²) >= 11 is 0. The third kappa shape index (κ3) is 5.64. The molecule has 2 heterocycles. The van der Waals surface area contributed by atoms with Gasteiger partial charge in [0.25, 0.3) is 0 Å². The minimum absolute atomic E-state index is 0.139. The molecule has 4 rings (SSSR count). The van der Waals surface area contributed by atoms with E-state index in [1.54, 1.807) is 0 Å². The van der Waals surface area contributed by atoms with Crippen LogP contribution in [0.4, 0.5) is 4.79 Å². The summed E-state index contributed by atoms with van der Waals surface area (Å²) in [5.74, 6) is 1.85. The Kier molecular flexibility index (Phi) is 6.92. The number of aryl methyl sites for hydroxylation is 1. The summed E-state index contributed by atoms with van der Waals surface area (Å²) in [6.07, 6.45) is 6.18. The number of rotatable bonds is 5. The van der Waals surface area contributed by atoms with Crippen LogP contribution in [0.2, 0.25) is 0 Å². The maximum atomic E-state index is 12.4. The smallest absolute Gasteiger partial charge is 0.410 e. The van der Waals surface area contributed by atoms with Crippen molar-refractivity contribution >= 4 is 12.1 Å². The highest BCUT2D eigenvalue weighted by Gasteiger charge is 2.40. The van der Waals surface area contributed by atoms with Crippen LogP contribution in [0.25, 0.3) is 0 Å². The van der Waals surface area contributed by atoms with E-state index in [2.05, 4.69) is 18.2 Å². The molecule has 0 N–H and O–H groups in total. The van der Waals surface area contributed by atoms with Crippen LogP contribution in [0.3, 0.4) is 0 Å². The summed E-state index contributed by atoms with van der Waals surface area (Å²) in [7, 11) is 1.47. The fourth-order valence-electron chi connectivity index (χ4n) is 5.48. The summed E-state index contributed by atoms with van der Waals surface area (Å²) in [4.78, 5) is 26.5. The molecule has 1 aliphatic carbocycles. The molecule has 1 aromatic rings. The monoisotopic (exact) mass is 457 g/mol. The Morgan fingerprint density at radius 3 is 2.39 bits per heavy atom. The highest BCUT2D eigenvalue weighted by molar-refractivity contribution is 5.73. The number of carbonyl (C=O) groups excluding carboxylic acids is 2. The first-order valence-corrected chi connectivity index (χ1v) is 12.5. The number of hydrogen-bond acceptors (Lipinski definition) is 5. The topological polar surface area (TPSA) is 65.1 Å². The van der Waals surface area contributed by atoms with Crippen molar-refractivity contribution in [3.05, 3.63) is 29.3 Å². The molecule has 2 aliphatic heterocycles. The maximum absolute atomic E-state index is 12.4. The average molecular weight is 458 g/mol. The van der Waals surface area contributed by atoms with Crippen LogP contribution in [0.15, 0.2) is 18.2 Å². The molecule has 3 aliphatic rings. The predicted octanol–water partition coefficient (Wildman–Crippen LogP) is 5.33. The molecule has 6 heteroatoms. The number of hydrogen-bond donors (Lipinski definition) is 0. The van der Waals surface area contributed by atoms with Gasteiger partial charge in [0.05, 0.1) is 13.0 Å². The number of likely N-dealkylation sites (tertiary alicyclic amines) is 1. The molecule has 1 amide bonds. The largest absolute Gasteiger partial charge is 0.490 e. The van der Waals surface area contributed by atoms with Gasteiger partial charge in [0, 0.05) is 13.1 Å². The molecule has 6 nitrogen and oxygen atoms in total. The minimum Gasteiger partial charge on any atom is -0.490 e.